The Bertz CT molecular complexity index is 918. The molecular formula is C23H29N5O2. The van der Waals surface area contributed by atoms with Gasteiger partial charge in [-0.1, -0.05) is 18.2 Å². The smallest absolute Gasteiger partial charge is 0.319 e. The van der Waals surface area contributed by atoms with Crippen LogP contribution in [0.15, 0.2) is 42.5 Å². The van der Waals surface area contributed by atoms with E-state index >= 15 is 0 Å². The van der Waals surface area contributed by atoms with Crippen molar-refractivity contribution in [2.24, 2.45) is 0 Å². The van der Waals surface area contributed by atoms with Gasteiger partial charge >= 0.3 is 6.03 Å². The van der Waals surface area contributed by atoms with Crippen LogP contribution in [-0.2, 0) is 0 Å². The van der Waals surface area contributed by atoms with Crippen molar-refractivity contribution < 1.29 is 9.53 Å². The van der Waals surface area contributed by atoms with E-state index in [4.69, 9.17) is 4.74 Å². The van der Waals surface area contributed by atoms with Gasteiger partial charge in [0.2, 0.25) is 0 Å². The number of hydrogen-bond donors (Lipinski definition) is 3. The average Bonchev–Trinajstić information content (AvgIpc) is 3.05. The lowest BCUT2D eigenvalue weighted by Gasteiger charge is -2.16. The molecule has 2 atom stereocenters. The molecule has 2 amide bonds. The van der Waals surface area contributed by atoms with Crippen LogP contribution >= 0.6 is 0 Å². The van der Waals surface area contributed by atoms with E-state index in [0.717, 1.165) is 29.1 Å². The first kappa shape index (κ1) is 21.5. The van der Waals surface area contributed by atoms with Gasteiger partial charge in [-0.3, -0.25) is 0 Å². The Kier molecular flexibility index (Phi) is 6.80. The standard InChI is InChI=1S/C23H29N5O2/c1-15(2)25-23(29)26-17-7-5-16(6-8-17)22-20(14-24)19-10-9-18(13-21(19)27-22)30-12-11-28(3)4/h5-10,13,15,20,22,27H,11-12H2,1-4H3,(H2,25,26,29). The van der Waals surface area contributed by atoms with Crippen LogP contribution in [0.2, 0.25) is 0 Å². The molecule has 0 saturated carbocycles. The third-order valence-electron chi connectivity index (χ3n) is 4.90. The number of nitrogens with zero attached hydrogens (tertiary/aromatic N) is 2. The monoisotopic (exact) mass is 407 g/mol. The molecule has 0 aliphatic carbocycles. The predicted molar refractivity (Wildman–Crippen MR) is 119 cm³/mol. The molecule has 7 heteroatoms. The van der Waals surface area contributed by atoms with E-state index in [1.54, 1.807) is 0 Å². The van der Waals surface area contributed by atoms with Gasteiger partial charge in [0.15, 0.2) is 0 Å². The van der Waals surface area contributed by atoms with Gasteiger partial charge in [0.25, 0.3) is 0 Å². The number of likely N-dealkylation sites (N-methyl/N-ethyl adjacent to an activating group) is 1. The fraction of sp³-hybridized carbons (Fsp3) is 0.391. The molecule has 1 heterocycles. The van der Waals surface area contributed by atoms with Crippen LogP contribution in [0.3, 0.4) is 0 Å². The molecule has 1 aliphatic rings. The Morgan fingerprint density at radius 3 is 2.60 bits per heavy atom. The first-order chi connectivity index (χ1) is 14.4. The molecule has 2 aromatic carbocycles. The highest BCUT2D eigenvalue weighted by Crippen LogP contribution is 2.45. The lowest BCUT2D eigenvalue weighted by Crippen LogP contribution is -2.34. The highest BCUT2D eigenvalue weighted by atomic mass is 16.5. The van der Waals surface area contributed by atoms with E-state index in [9.17, 15) is 10.1 Å². The van der Waals surface area contributed by atoms with E-state index in [2.05, 4.69) is 26.9 Å². The Labute approximate surface area is 178 Å². The van der Waals surface area contributed by atoms with E-state index in [-0.39, 0.29) is 24.0 Å². The quantitative estimate of drug-likeness (QED) is 0.647. The third-order valence-corrected chi connectivity index (χ3v) is 4.90. The molecule has 0 aromatic heterocycles. The fourth-order valence-electron chi connectivity index (χ4n) is 3.42. The summed E-state index contributed by atoms with van der Waals surface area (Å²) >= 11 is 0. The fourth-order valence-corrected chi connectivity index (χ4v) is 3.42. The lowest BCUT2D eigenvalue weighted by molar-refractivity contribution is 0.250. The van der Waals surface area contributed by atoms with Gasteiger partial charge in [-0.25, -0.2) is 4.79 Å². The van der Waals surface area contributed by atoms with Crippen LogP contribution in [0.4, 0.5) is 16.2 Å². The minimum Gasteiger partial charge on any atom is -0.492 e. The minimum atomic E-state index is -0.293. The van der Waals surface area contributed by atoms with Gasteiger partial charge in [0.05, 0.1) is 18.0 Å². The van der Waals surface area contributed by atoms with Crippen LogP contribution in [0.1, 0.15) is 36.9 Å². The molecule has 0 bridgehead atoms. The topological polar surface area (TPSA) is 89.4 Å². The van der Waals surface area contributed by atoms with E-state index in [0.29, 0.717) is 12.3 Å². The summed E-state index contributed by atoms with van der Waals surface area (Å²) < 4.78 is 5.82. The van der Waals surface area contributed by atoms with Gasteiger partial charge in [-0.2, -0.15) is 5.26 Å². The molecule has 3 N–H and O–H groups in total. The molecule has 0 fully saturated rings. The summed E-state index contributed by atoms with van der Waals surface area (Å²) in [5, 5.41) is 18.9. The van der Waals surface area contributed by atoms with Crippen molar-refractivity contribution in [3.63, 3.8) is 0 Å². The number of benzene rings is 2. The lowest BCUT2D eigenvalue weighted by atomic mass is 9.91. The molecular weight excluding hydrogens is 378 g/mol. The van der Waals surface area contributed by atoms with Crippen molar-refractivity contribution in [2.75, 3.05) is 37.9 Å². The zero-order chi connectivity index (χ0) is 21.7. The number of carbonyl (C=O) groups excluding carboxylic acids is 1. The molecule has 0 saturated heterocycles. The second kappa shape index (κ2) is 9.51. The maximum absolute atomic E-state index is 11.9. The van der Waals surface area contributed by atoms with Crippen LogP contribution < -0.4 is 20.7 Å². The molecule has 30 heavy (non-hydrogen) atoms. The highest BCUT2D eigenvalue weighted by molar-refractivity contribution is 5.89. The Morgan fingerprint density at radius 1 is 1.23 bits per heavy atom. The molecule has 3 rings (SSSR count). The van der Waals surface area contributed by atoms with Crippen LogP contribution in [-0.4, -0.2) is 44.2 Å². The highest BCUT2D eigenvalue weighted by Gasteiger charge is 2.33. The second-order valence-electron chi connectivity index (χ2n) is 8.00. The molecule has 0 spiro atoms. The van der Waals surface area contributed by atoms with Gasteiger partial charge in [-0.15, -0.1) is 0 Å². The molecule has 0 radical (unpaired) electrons. The van der Waals surface area contributed by atoms with Gasteiger partial charge < -0.3 is 25.6 Å². The summed E-state index contributed by atoms with van der Waals surface area (Å²) in [4.78, 5) is 13.9. The molecule has 1 aliphatic heterocycles. The first-order valence-electron chi connectivity index (χ1n) is 10.1. The van der Waals surface area contributed by atoms with Crippen molar-refractivity contribution >= 4 is 17.4 Å². The maximum atomic E-state index is 11.9. The van der Waals surface area contributed by atoms with Gasteiger partial charge in [0, 0.05) is 30.0 Å². The average molecular weight is 408 g/mol. The summed E-state index contributed by atoms with van der Waals surface area (Å²) in [6.07, 6.45) is 0. The maximum Gasteiger partial charge on any atom is 0.319 e. The zero-order valence-electron chi connectivity index (χ0n) is 17.9. The second-order valence-corrected chi connectivity index (χ2v) is 8.00. The minimum absolute atomic E-state index is 0.0682. The number of urea groups is 1. The van der Waals surface area contributed by atoms with Crippen LogP contribution in [0, 0.1) is 11.3 Å². The molecule has 7 nitrogen and oxygen atoms in total. The van der Waals surface area contributed by atoms with Crippen molar-refractivity contribution in [3.8, 4) is 11.8 Å². The number of ether oxygens (including phenoxy) is 1. The number of anilines is 2. The van der Waals surface area contributed by atoms with Gasteiger partial charge in [0.1, 0.15) is 12.4 Å². The first-order valence-corrected chi connectivity index (χ1v) is 10.1. The van der Waals surface area contributed by atoms with Crippen molar-refractivity contribution in [1.29, 1.82) is 5.26 Å². The number of rotatable bonds is 7. The van der Waals surface area contributed by atoms with E-state index in [1.807, 2.05) is 70.4 Å². The summed E-state index contributed by atoms with van der Waals surface area (Å²) in [5.74, 6) is 0.495. The number of amides is 2. The number of nitriles is 1. The summed E-state index contributed by atoms with van der Waals surface area (Å²) in [6, 6.07) is 15.5. The number of nitrogens with one attached hydrogen (secondary N) is 3. The summed E-state index contributed by atoms with van der Waals surface area (Å²) in [7, 11) is 4.01. The van der Waals surface area contributed by atoms with Crippen molar-refractivity contribution in [2.45, 2.75) is 31.8 Å². The Hall–Kier alpha value is -3.24. The molecule has 2 unspecified atom stereocenters. The Morgan fingerprint density at radius 2 is 1.97 bits per heavy atom. The van der Waals surface area contributed by atoms with Gasteiger partial charge in [-0.05, 0) is 57.3 Å². The third kappa shape index (κ3) is 5.22. The largest absolute Gasteiger partial charge is 0.492 e. The Balaban J connectivity index is 1.70. The zero-order valence-corrected chi connectivity index (χ0v) is 17.9. The van der Waals surface area contributed by atoms with E-state index in [1.165, 1.54) is 0 Å². The molecule has 2 aromatic rings. The SMILES string of the molecule is CC(C)NC(=O)Nc1ccc(C2Nc3cc(OCCN(C)C)ccc3C2C#N)cc1. The number of fused-ring (bicyclic) bond motifs is 1. The normalized spacial score (nSPS) is 17.2. The van der Waals surface area contributed by atoms with Crippen molar-refractivity contribution in [3.05, 3.63) is 53.6 Å². The van der Waals surface area contributed by atoms with Crippen LogP contribution in [0.5, 0.6) is 5.75 Å². The summed E-state index contributed by atoms with van der Waals surface area (Å²) in [6.45, 7) is 5.26. The van der Waals surface area contributed by atoms with Crippen LogP contribution in [0.25, 0.3) is 0 Å². The number of carbonyl (C=O) groups is 1. The number of hydrogen-bond acceptors (Lipinski definition) is 5. The molecule has 158 valence electrons. The van der Waals surface area contributed by atoms with Crippen molar-refractivity contribution in [1.82, 2.24) is 10.2 Å². The predicted octanol–water partition coefficient (Wildman–Crippen LogP) is 3.93. The summed E-state index contributed by atoms with van der Waals surface area (Å²) in [5.41, 5.74) is 3.59. The van der Waals surface area contributed by atoms with E-state index < -0.39 is 0 Å².